The number of benzene rings is 1. The van der Waals surface area contributed by atoms with Crippen molar-refractivity contribution in [1.82, 2.24) is 15.8 Å². The van der Waals surface area contributed by atoms with Gasteiger partial charge in [0.25, 0.3) is 0 Å². The van der Waals surface area contributed by atoms with E-state index >= 15 is 0 Å². The molecule has 9 heteroatoms. The van der Waals surface area contributed by atoms with Crippen molar-refractivity contribution in [2.75, 3.05) is 17.7 Å². The van der Waals surface area contributed by atoms with E-state index in [1.165, 1.54) is 16.7 Å². The summed E-state index contributed by atoms with van der Waals surface area (Å²) in [6.45, 7) is 0. The molecule has 0 radical (unpaired) electrons. The third kappa shape index (κ3) is 5.30. The number of urea groups is 1. The zero-order chi connectivity index (χ0) is 17.5. The van der Waals surface area contributed by atoms with E-state index < -0.39 is 6.03 Å². The number of thioether (sulfide) groups is 1. The van der Waals surface area contributed by atoms with E-state index in [1.54, 1.807) is 49.8 Å². The summed E-state index contributed by atoms with van der Waals surface area (Å²) in [5.74, 6) is -0.291. The lowest BCUT2D eigenvalue weighted by Crippen LogP contribution is -2.48. The van der Waals surface area contributed by atoms with Gasteiger partial charge in [-0.15, -0.1) is 11.8 Å². The average molecular weight is 385 g/mol. The van der Waals surface area contributed by atoms with Gasteiger partial charge in [-0.1, -0.05) is 23.2 Å². The van der Waals surface area contributed by atoms with Crippen molar-refractivity contribution < 1.29 is 9.59 Å². The number of halogens is 2. The summed E-state index contributed by atoms with van der Waals surface area (Å²) in [6, 6.07) is 7.96. The summed E-state index contributed by atoms with van der Waals surface area (Å²) in [6.07, 6.45) is 3.15. The first-order valence-corrected chi connectivity index (χ1v) is 8.52. The second-order valence-corrected chi connectivity index (χ2v) is 6.47. The minimum Gasteiger partial charge on any atom is -0.295 e. The predicted octanol–water partition coefficient (Wildman–Crippen LogP) is 3.36. The van der Waals surface area contributed by atoms with Crippen LogP contribution >= 0.6 is 35.0 Å². The van der Waals surface area contributed by atoms with E-state index in [0.29, 0.717) is 20.6 Å². The number of carbonyl (C=O) groups is 2. The van der Waals surface area contributed by atoms with Crippen LogP contribution < -0.4 is 15.8 Å². The summed E-state index contributed by atoms with van der Waals surface area (Å²) < 4.78 is 0. The fourth-order valence-corrected chi connectivity index (χ4v) is 2.94. The Bertz CT molecular complexity index is 731. The molecule has 0 saturated heterocycles. The van der Waals surface area contributed by atoms with Crippen molar-refractivity contribution in [3.63, 3.8) is 0 Å². The Hall–Kier alpha value is -1.96. The molecule has 2 aromatic rings. The van der Waals surface area contributed by atoms with Gasteiger partial charge < -0.3 is 0 Å². The molecule has 0 spiro atoms. The van der Waals surface area contributed by atoms with E-state index in [2.05, 4.69) is 15.8 Å². The van der Waals surface area contributed by atoms with E-state index in [1.807, 2.05) is 0 Å². The van der Waals surface area contributed by atoms with Crippen molar-refractivity contribution in [2.24, 2.45) is 0 Å². The maximum absolute atomic E-state index is 11.9. The maximum Gasteiger partial charge on any atom is 0.340 e. The Morgan fingerprint density at radius 3 is 2.75 bits per heavy atom. The molecule has 0 aliphatic carbocycles. The highest BCUT2D eigenvalue weighted by Gasteiger charge is 2.12. The molecule has 0 bridgehead atoms. The Morgan fingerprint density at radius 1 is 1.25 bits per heavy atom. The highest BCUT2D eigenvalue weighted by molar-refractivity contribution is 8.00. The van der Waals surface area contributed by atoms with Crippen LogP contribution in [0.4, 0.5) is 10.5 Å². The molecular formula is C15H14Cl2N4O2S. The highest BCUT2D eigenvalue weighted by Crippen LogP contribution is 2.29. The first-order valence-electron chi connectivity index (χ1n) is 6.78. The molecule has 3 amide bonds. The van der Waals surface area contributed by atoms with Crippen LogP contribution in [0.1, 0.15) is 0 Å². The fraction of sp³-hybridized carbons (Fsp3) is 0.133. The zero-order valence-electron chi connectivity index (χ0n) is 12.6. The quantitative estimate of drug-likeness (QED) is 0.625. The zero-order valence-corrected chi connectivity index (χ0v) is 15.0. The van der Waals surface area contributed by atoms with E-state index in [4.69, 9.17) is 23.2 Å². The molecular weight excluding hydrogens is 371 g/mol. The molecule has 2 rings (SSSR count). The number of pyridine rings is 1. The second-order valence-electron chi connectivity index (χ2n) is 4.61. The summed E-state index contributed by atoms with van der Waals surface area (Å²) >= 11 is 13.1. The van der Waals surface area contributed by atoms with Crippen LogP contribution in [0.5, 0.6) is 0 Å². The van der Waals surface area contributed by atoms with E-state index in [0.717, 1.165) is 0 Å². The van der Waals surface area contributed by atoms with Crippen molar-refractivity contribution >= 4 is 52.6 Å². The van der Waals surface area contributed by atoms with Crippen LogP contribution in [0.2, 0.25) is 10.0 Å². The van der Waals surface area contributed by atoms with Gasteiger partial charge in [0.1, 0.15) is 0 Å². The molecule has 24 heavy (non-hydrogen) atoms. The van der Waals surface area contributed by atoms with Crippen LogP contribution in [0, 0.1) is 0 Å². The van der Waals surface area contributed by atoms with Crippen molar-refractivity contribution in [1.29, 1.82) is 0 Å². The van der Waals surface area contributed by atoms with Gasteiger partial charge in [-0.05, 0) is 30.3 Å². The number of hydrogen-bond donors (Lipinski definition) is 2. The molecule has 1 aromatic heterocycles. The van der Waals surface area contributed by atoms with Gasteiger partial charge in [-0.25, -0.2) is 10.2 Å². The smallest absolute Gasteiger partial charge is 0.295 e. The monoisotopic (exact) mass is 384 g/mol. The molecule has 2 N–H and O–H groups in total. The van der Waals surface area contributed by atoms with Crippen LogP contribution in [0.3, 0.4) is 0 Å². The molecule has 0 unspecified atom stereocenters. The highest BCUT2D eigenvalue weighted by atomic mass is 35.5. The predicted molar refractivity (Wildman–Crippen MR) is 96.5 cm³/mol. The number of anilines is 1. The molecule has 0 aliphatic heterocycles. The summed E-state index contributed by atoms with van der Waals surface area (Å²) in [7, 11) is 1.57. The number of hydrazine groups is 1. The number of hydrogen-bond acceptors (Lipinski definition) is 4. The van der Waals surface area contributed by atoms with Crippen LogP contribution in [0.25, 0.3) is 0 Å². The third-order valence-corrected chi connectivity index (χ3v) is 4.63. The number of amides is 3. The Morgan fingerprint density at radius 2 is 2.04 bits per heavy atom. The molecule has 1 heterocycles. The topological polar surface area (TPSA) is 74.3 Å². The lowest BCUT2D eigenvalue weighted by atomic mass is 10.4. The fourth-order valence-electron chi connectivity index (χ4n) is 1.64. The Labute approximate surface area is 153 Å². The number of nitrogens with zero attached hydrogens (tertiary/aromatic N) is 2. The van der Waals surface area contributed by atoms with Crippen molar-refractivity contribution in [2.45, 2.75) is 4.90 Å². The minimum absolute atomic E-state index is 0.0803. The largest absolute Gasteiger partial charge is 0.340 e. The molecule has 0 saturated carbocycles. The standard InChI is InChI=1S/C15H14Cl2N4O2S/c1-21(11-3-2-6-18-8-11)15(23)20-19-14(22)9-24-13-7-10(16)4-5-12(13)17/h2-8H,9H2,1H3,(H,19,22)(H,20,23). The number of aromatic nitrogens is 1. The van der Waals surface area contributed by atoms with Gasteiger partial charge >= 0.3 is 6.03 Å². The Kier molecular flexibility index (Phi) is 6.72. The molecule has 0 atom stereocenters. The van der Waals surface area contributed by atoms with Crippen molar-refractivity contribution in [3.8, 4) is 0 Å². The molecule has 6 nitrogen and oxygen atoms in total. The number of nitrogens with one attached hydrogen (secondary N) is 2. The summed E-state index contributed by atoms with van der Waals surface area (Å²) in [5.41, 5.74) is 5.27. The van der Waals surface area contributed by atoms with Crippen LogP contribution in [-0.2, 0) is 4.79 Å². The lowest BCUT2D eigenvalue weighted by molar-refractivity contribution is -0.119. The normalized spacial score (nSPS) is 10.1. The Balaban J connectivity index is 1.80. The minimum atomic E-state index is -0.484. The first-order chi connectivity index (χ1) is 11.5. The van der Waals surface area contributed by atoms with Gasteiger partial charge in [-0.3, -0.25) is 20.1 Å². The van der Waals surface area contributed by atoms with E-state index in [9.17, 15) is 9.59 Å². The summed E-state index contributed by atoms with van der Waals surface area (Å²) in [5, 5.41) is 1.05. The first kappa shape index (κ1) is 18.4. The van der Waals surface area contributed by atoms with E-state index in [-0.39, 0.29) is 11.7 Å². The molecule has 0 fully saturated rings. The van der Waals surface area contributed by atoms with Crippen LogP contribution in [-0.4, -0.2) is 29.7 Å². The molecule has 1 aromatic carbocycles. The average Bonchev–Trinajstić information content (AvgIpc) is 2.60. The van der Waals surface area contributed by atoms with Gasteiger partial charge in [0.2, 0.25) is 5.91 Å². The second kappa shape index (κ2) is 8.77. The van der Waals surface area contributed by atoms with Crippen molar-refractivity contribution in [3.05, 3.63) is 52.8 Å². The van der Waals surface area contributed by atoms with Crippen LogP contribution in [0.15, 0.2) is 47.6 Å². The number of rotatable bonds is 4. The molecule has 126 valence electrons. The lowest BCUT2D eigenvalue weighted by Gasteiger charge is -2.17. The van der Waals surface area contributed by atoms with Gasteiger partial charge in [0, 0.05) is 23.2 Å². The number of carbonyl (C=O) groups excluding carboxylic acids is 2. The third-order valence-electron chi connectivity index (χ3n) is 2.90. The molecule has 0 aliphatic rings. The SMILES string of the molecule is CN(C(=O)NNC(=O)CSc1cc(Cl)ccc1Cl)c1cccnc1. The van der Waals surface area contributed by atoms with Gasteiger partial charge in [0.15, 0.2) is 0 Å². The van der Waals surface area contributed by atoms with Gasteiger partial charge in [-0.2, -0.15) is 0 Å². The summed E-state index contributed by atoms with van der Waals surface area (Å²) in [4.78, 5) is 29.7. The van der Waals surface area contributed by atoms with Gasteiger partial charge in [0.05, 0.1) is 22.7 Å². The maximum atomic E-state index is 11.9.